The lowest BCUT2D eigenvalue weighted by molar-refractivity contribution is 0.0657. The number of pyridine rings is 1. The molecule has 0 saturated carbocycles. The van der Waals surface area contributed by atoms with E-state index < -0.39 is 0 Å². The van der Waals surface area contributed by atoms with Gasteiger partial charge in [0.25, 0.3) is 5.91 Å². The van der Waals surface area contributed by atoms with Gasteiger partial charge in [-0.1, -0.05) is 0 Å². The van der Waals surface area contributed by atoms with Gasteiger partial charge in [-0.2, -0.15) is 0 Å². The SMILES string of the molecule is CC(C)N(CC1CCNCC1)C(=O)c1cncc(O)c1. The summed E-state index contributed by atoms with van der Waals surface area (Å²) in [6, 6.07) is 1.62. The topological polar surface area (TPSA) is 65.5 Å². The summed E-state index contributed by atoms with van der Waals surface area (Å²) >= 11 is 0. The second-order valence-electron chi connectivity index (χ2n) is 5.68. The van der Waals surface area contributed by atoms with Crippen LogP contribution in [0.5, 0.6) is 5.75 Å². The second kappa shape index (κ2) is 6.70. The smallest absolute Gasteiger partial charge is 0.255 e. The molecular weight excluding hydrogens is 254 g/mol. The highest BCUT2D eigenvalue weighted by Crippen LogP contribution is 2.18. The van der Waals surface area contributed by atoms with Crippen molar-refractivity contribution in [1.82, 2.24) is 15.2 Å². The second-order valence-corrected chi connectivity index (χ2v) is 5.68. The molecule has 0 spiro atoms. The van der Waals surface area contributed by atoms with Crippen LogP contribution in [-0.4, -0.2) is 46.6 Å². The molecule has 1 saturated heterocycles. The molecule has 1 fully saturated rings. The molecule has 5 heteroatoms. The molecular formula is C15H23N3O2. The van der Waals surface area contributed by atoms with Crippen molar-refractivity contribution in [2.24, 2.45) is 5.92 Å². The fraction of sp³-hybridized carbons (Fsp3) is 0.600. The Bertz CT molecular complexity index is 456. The standard InChI is InChI=1S/C15H23N3O2/c1-11(2)18(10-12-3-5-16-6-4-12)15(20)13-7-14(19)9-17-8-13/h7-9,11-12,16,19H,3-6,10H2,1-2H3. The van der Waals surface area contributed by atoms with E-state index in [0.29, 0.717) is 11.5 Å². The first kappa shape index (κ1) is 14.8. The van der Waals surface area contributed by atoms with E-state index in [-0.39, 0.29) is 17.7 Å². The Morgan fingerprint density at radius 3 is 2.75 bits per heavy atom. The van der Waals surface area contributed by atoms with Crippen molar-refractivity contribution in [2.45, 2.75) is 32.7 Å². The zero-order chi connectivity index (χ0) is 14.5. The molecule has 1 amide bonds. The highest BCUT2D eigenvalue weighted by Gasteiger charge is 2.24. The van der Waals surface area contributed by atoms with Crippen molar-refractivity contribution in [1.29, 1.82) is 0 Å². The molecule has 1 aliphatic rings. The molecule has 2 rings (SSSR count). The van der Waals surface area contributed by atoms with Gasteiger partial charge in [0, 0.05) is 18.8 Å². The van der Waals surface area contributed by atoms with Gasteiger partial charge in [-0.05, 0) is 51.8 Å². The first-order chi connectivity index (χ1) is 9.58. The van der Waals surface area contributed by atoms with E-state index >= 15 is 0 Å². The summed E-state index contributed by atoms with van der Waals surface area (Å²) in [6.45, 7) is 6.87. The highest BCUT2D eigenvalue weighted by molar-refractivity contribution is 5.94. The van der Waals surface area contributed by atoms with Crippen LogP contribution in [0.3, 0.4) is 0 Å². The van der Waals surface area contributed by atoms with Crippen molar-refractivity contribution in [3.05, 3.63) is 24.0 Å². The summed E-state index contributed by atoms with van der Waals surface area (Å²) in [7, 11) is 0. The van der Waals surface area contributed by atoms with Gasteiger partial charge in [0.15, 0.2) is 0 Å². The molecule has 2 N–H and O–H groups in total. The van der Waals surface area contributed by atoms with E-state index in [0.717, 1.165) is 32.5 Å². The number of nitrogens with one attached hydrogen (secondary N) is 1. The summed E-state index contributed by atoms with van der Waals surface area (Å²) in [5, 5.41) is 12.8. The van der Waals surface area contributed by atoms with Crippen LogP contribution >= 0.6 is 0 Å². The maximum Gasteiger partial charge on any atom is 0.255 e. The minimum absolute atomic E-state index is 0.0291. The predicted molar refractivity (Wildman–Crippen MR) is 77.7 cm³/mol. The summed E-state index contributed by atoms with van der Waals surface area (Å²) in [4.78, 5) is 18.3. The molecule has 20 heavy (non-hydrogen) atoms. The zero-order valence-corrected chi connectivity index (χ0v) is 12.2. The van der Waals surface area contributed by atoms with Gasteiger partial charge in [0.05, 0.1) is 11.8 Å². The van der Waals surface area contributed by atoms with Crippen molar-refractivity contribution in [3.8, 4) is 5.75 Å². The quantitative estimate of drug-likeness (QED) is 0.878. The van der Waals surface area contributed by atoms with Crippen LogP contribution < -0.4 is 5.32 Å². The normalized spacial score (nSPS) is 16.4. The van der Waals surface area contributed by atoms with E-state index in [2.05, 4.69) is 10.3 Å². The number of amides is 1. The van der Waals surface area contributed by atoms with Crippen molar-refractivity contribution < 1.29 is 9.90 Å². The summed E-state index contributed by atoms with van der Waals surface area (Å²) in [5.41, 5.74) is 0.452. The molecule has 0 aromatic carbocycles. The lowest BCUT2D eigenvalue weighted by atomic mass is 9.96. The minimum Gasteiger partial charge on any atom is -0.506 e. The van der Waals surface area contributed by atoms with E-state index in [1.165, 1.54) is 18.5 Å². The van der Waals surface area contributed by atoms with Gasteiger partial charge in [-0.15, -0.1) is 0 Å². The van der Waals surface area contributed by atoms with Gasteiger partial charge in [-0.25, -0.2) is 0 Å². The highest BCUT2D eigenvalue weighted by atomic mass is 16.3. The molecule has 5 nitrogen and oxygen atoms in total. The van der Waals surface area contributed by atoms with Gasteiger partial charge in [0.1, 0.15) is 5.75 Å². The van der Waals surface area contributed by atoms with Gasteiger partial charge < -0.3 is 15.3 Å². The molecule has 2 heterocycles. The summed E-state index contributed by atoms with van der Waals surface area (Å²) < 4.78 is 0. The average molecular weight is 277 g/mol. The number of rotatable bonds is 4. The molecule has 1 aromatic heterocycles. The largest absolute Gasteiger partial charge is 0.506 e. The Morgan fingerprint density at radius 1 is 1.45 bits per heavy atom. The number of hydrogen-bond acceptors (Lipinski definition) is 4. The fourth-order valence-electron chi connectivity index (χ4n) is 2.58. The number of piperidine rings is 1. The molecule has 0 unspecified atom stereocenters. The number of hydrogen-bond donors (Lipinski definition) is 2. The zero-order valence-electron chi connectivity index (χ0n) is 12.2. The van der Waals surface area contributed by atoms with Crippen LogP contribution in [0.4, 0.5) is 0 Å². The first-order valence-corrected chi connectivity index (χ1v) is 7.23. The number of carbonyl (C=O) groups excluding carboxylic acids is 1. The van der Waals surface area contributed by atoms with Crippen LogP contribution in [0, 0.1) is 5.92 Å². The molecule has 1 aliphatic heterocycles. The van der Waals surface area contributed by atoms with E-state index in [4.69, 9.17) is 0 Å². The molecule has 0 radical (unpaired) electrons. The Hall–Kier alpha value is -1.62. The minimum atomic E-state index is -0.0538. The maximum atomic E-state index is 12.6. The van der Waals surface area contributed by atoms with Crippen LogP contribution in [0.2, 0.25) is 0 Å². The van der Waals surface area contributed by atoms with Gasteiger partial charge in [-0.3, -0.25) is 9.78 Å². The van der Waals surface area contributed by atoms with Gasteiger partial charge in [0.2, 0.25) is 0 Å². The van der Waals surface area contributed by atoms with E-state index in [1.54, 1.807) is 0 Å². The number of nitrogens with zero attached hydrogens (tertiary/aromatic N) is 2. The fourth-order valence-corrected chi connectivity index (χ4v) is 2.58. The van der Waals surface area contributed by atoms with Crippen molar-refractivity contribution >= 4 is 5.91 Å². The molecule has 0 aliphatic carbocycles. The van der Waals surface area contributed by atoms with Crippen LogP contribution in [0.15, 0.2) is 18.5 Å². The third-order valence-corrected chi connectivity index (χ3v) is 3.77. The predicted octanol–water partition coefficient (Wildman–Crippen LogP) is 1.64. The Morgan fingerprint density at radius 2 is 2.15 bits per heavy atom. The maximum absolute atomic E-state index is 12.6. The number of aromatic hydroxyl groups is 1. The van der Waals surface area contributed by atoms with Crippen molar-refractivity contribution in [3.63, 3.8) is 0 Å². The molecule has 0 atom stereocenters. The summed E-state index contributed by atoms with van der Waals surface area (Å²) in [6.07, 6.45) is 5.06. The van der Waals surface area contributed by atoms with E-state index in [1.807, 2.05) is 18.7 Å². The molecule has 110 valence electrons. The van der Waals surface area contributed by atoms with Crippen molar-refractivity contribution in [2.75, 3.05) is 19.6 Å². The third kappa shape index (κ3) is 3.70. The first-order valence-electron chi connectivity index (χ1n) is 7.23. The number of carbonyl (C=O) groups is 1. The van der Waals surface area contributed by atoms with Crippen LogP contribution in [-0.2, 0) is 0 Å². The average Bonchev–Trinajstić information content (AvgIpc) is 2.45. The monoisotopic (exact) mass is 277 g/mol. The Balaban J connectivity index is 2.09. The van der Waals surface area contributed by atoms with Gasteiger partial charge >= 0.3 is 0 Å². The lowest BCUT2D eigenvalue weighted by Gasteiger charge is -2.32. The Labute approximate surface area is 120 Å². The Kier molecular flexibility index (Phi) is 4.95. The summed E-state index contributed by atoms with van der Waals surface area (Å²) in [5.74, 6) is 0.524. The lowest BCUT2D eigenvalue weighted by Crippen LogP contribution is -2.43. The van der Waals surface area contributed by atoms with Crippen LogP contribution in [0.1, 0.15) is 37.0 Å². The molecule has 0 bridgehead atoms. The van der Waals surface area contributed by atoms with E-state index in [9.17, 15) is 9.90 Å². The van der Waals surface area contributed by atoms with Crippen LogP contribution in [0.25, 0.3) is 0 Å². The third-order valence-electron chi connectivity index (χ3n) is 3.77. The molecule has 1 aromatic rings. The number of aromatic nitrogens is 1.